The van der Waals surface area contributed by atoms with Crippen molar-refractivity contribution in [1.82, 2.24) is 20.1 Å². The minimum Gasteiger partial charge on any atom is -0.383 e. The summed E-state index contributed by atoms with van der Waals surface area (Å²) in [6.07, 6.45) is 3.61. The zero-order valence-corrected chi connectivity index (χ0v) is 15.2. The first-order valence-electron chi connectivity index (χ1n) is 6.73. The molecule has 2 aromatic heterocycles. The minimum atomic E-state index is -0.0423. The van der Waals surface area contributed by atoms with Crippen LogP contribution in [0.5, 0.6) is 0 Å². The topological polar surface area (TPSA) is 52.0 Å². The molecule has 7 heteroatoms. The third-order valence-electron chi connectivity index (χ3n) is 3.08. The fourth-order valence-corrected chi connectivity index (χ4v) is 3.16. The second kappa shape index (κ2) is 8.03. The van der Waals surface area contributed by atoms with Gasteiger partial charge in [0, 0.05) is 17.8 Å². The van der Waals surface area contributed by atoms with E-state index in [9.17, 15) is 0 Å². The molecule has 0 saturated heterocycles. The van der Waals surface area contributed by atoms with Gasteiger partial charge in [-0.1, -0.05) is 6.92 Å². The predicted molar refractivity (Wildman–Crippen MR) is 89.3 cm³/mol. The van der Waals surface area contributed by atoms with Gasteiger partial charge in [0.1, 0.15) is 0 Å². The molecule has 0 radical (unpaired) electrons. The highest BCUT2D eigenvalue weighted by Crippen LogP contribution is 2.31. The summed E-state index contributed by atoms with van der Waals surface area (Å²) in [4.78, 5) is 4.51. The molecule has 1 unspecified atom stereocenters. The van der Waals surface area contributed by atoms with Crippen LogP contribution >= 0.6 is 31.9 Å². The Kier molecular flexibility index (Phi) is 6.35. The largest absolute Gasteiger partial charge is 0.383 e. The van der Waals surface area contributed by atoms with Crippen LogP contribution < -0.4 is 5.32 Å². The van der Waals surface area contributed by atoms with Gasteiger partial charge in [0.05, 0.1) is 41.3 Å². The molecule has 0 spiro atoms. The van der Waals surface area contributed by atoms with Gasteiger partial charge in [-0.25, -0.2) is 0 Å². The van der Waals surface area contributed by atoms with Gasteiger partial charge in [-0.15, -0.1) is 0 Å². The lowest BCUT2D eigenvalue weighted by molar-refractivity contribution is 0.182. The summed E-state index contributed by atoms with van der Waals surface area (Å²) in [5.41, 5.74) is 1.99. The normalized spacial score (nSPS) is 12.6. The number of nitrogens with zero attached hydrogens (tertiary/aromatic N) is 3. The summed E-state index contributed by atoms with van der Waals surface area (Å²) in [5.74, 6) is 0. The van der Waals surface area contributed by atoms with E-state index >= 15 is 0 Å². The van der Waals surface area contributed by atoms with E-state index in [0.717, 1.165) is 26.9 Å². The summed E-state index contributed by atoms with van der Waals surface area (Å²) in [5, 5.41) is 7.89. The van der Waals surface area contributed by atoms with E-state index in [1.807, 2.05) is 23.0 Å². The van der Waals surface area contributed by atoms with E-state index in [4.69, 9.17) is 4.74 Å². The third kappa shape index (κ3) is 3.91. The van der Waals surface area contributed by atoms with Gasteiger partial charge >= 0.3 is 0 Å². The second-order valence-corrected chi connectivity index (χ2v) is 6.16. The molecule has 0 fully saturated rings. The van der Waals surface area contributed by atoms with Gasteiger partial charge < -0.3 is 10.1 Å². The maximum Gasteiger partial charge on any atom is 0.0944 e. The van der Waals surface area contributed by atoms with Crippen molar-refractivity contribution in [2.24, 2.45) is 0 Å². The first-order chi connectivity index (χ1) is 10.2. The molecule has 0 aliphatic carbocycles. The fourth-order valence-electron chi connectivity index (χ4n) is 2.15. The maximum atomic E-state index is 5.16. The Hall–Kier alpha value is -0.760. The number of rotatable bonds is 7. The van der Waals surface area contributed by atoms with Crippen LogP contribution in [0, 0.1) is 0 Å². The van der Waals surface area contributed by atoms with Crippen molar-refractivity contribution in [2.45, 2.75) is 19.5 Å². The molecule has 0 aromatic carbocycles. The van der Waals surface area contributed by atoms with Crippen molar-refractivity contribution in [3.63, 3.8) is 0 Å². The molecule has 1 N–H and O–H groups in total. The van der Waals surface area contributed by atoms with E-state index in [2.05, 4.69) is 54.2 Å². The molecule has 21 heavy (non-hydrogen) atoms. The van der Waals surface area contributed by atoms with Gasteiger partial charge in [-0.2, -0.15) is 5.10 Å². The van der Waals surface area contributed by atoms with Crippen molar-refractivity contribution in [1.29, 1.82) is 0 Å². The number of ether oxygens (including phenoxy) is 1. The summed E-state index contributed by atoms with van der Waals surface area (Å²) in [6, 6.07) is 3.86. The number of pyridine rings is 1. The molecule has 2 rings (SSSR count). The van der Waals surface area contributed by atoms with Crippen molar-refractivity contribution < 1.29 is 4.74 Å². The molecular weight excluding hydrogens is 400 g/mol. The summed E-state index contributed by atoms with van der Waals surface area (Å²) in [7, 11) is 1.69. The first-order valence-corrected chi connectivity index (χ1v) is 8.31. The number of hydrogen-bond acceptors (Lipinski definition) is 4. The molecule has 5 nitrogen and oxygen atoms in total. The standard InChI is InChI=1S/C14H18Br2N4O/c1-3-17-13(12-10(15)5-4-6-18-12)14-11(16)9-19-20(14)7-8-21-2/h4-6,9,13,17H,3,7-8H2,1-2H3. The number of nitrogens with one attached hydrogen (secondary N) is 1. The molecule has 0 aliphatic rings. The SMILES string of the molecule is CCNC(c1ncccc1Br)c1c(Br)cnn1CCOC. The van der Waals surface area contributed by atoms with Crippen LogP contribution in [-0.4, -0.2) is 35.0 Å². The molecule has 0 amide bonds. The minimum absolute atomic E-state index is 0.0423. The van der Waals surface area contributed by atoms with Crippen LogP contribution in [0.4, 0.5) is 0 Å². The zero-order valence-electron chi connectivity index (χ0n) is 12.0. The van der Waals surface area contributed by atoms with E-state index < -0.39 is 0 Å². The van der Waals surface area contributed by atoms with Crippen molar-refractivity contribution in [3.05, 3.63) is 44.9 Å². The number of hydrogen-bond donors (Lipinski definition) is 1. The van der Waals surface area contributed by atoms with Crippen molar-refractivity contribution in [3.8, 4) is 0 Å². The average molecular weight is 418 g/mol. The molecule has 0 saturated carbocycles. The third-order valence-corrected chi connectivity index (χ3v) is 4.36. The lowest BCUT2D eigenvalue weighted by Crippen LogP contribution is -2.27. The molecule has 114 valence electrons. The van der Waals surface area contributed by atoms with Crippen LogP contribution in [0.15, 0.2) is 33.5 Å². The van der Waals surface area contributed by atoms with Crippen molar-refractivity contribution >= 4 is 31.9 Å². The quantitative estimate of drug-likeness (QED) is 0.751. The molecular formula is C14H18Br2N4O. The Morgan fingerprint density at radius 3 is 2.86 bits per heavy atom. The highest BCUT2D eigenvalue weighted by molar-refractivity contribution is 9.10. The van der Waals surface area contributed by atoms with Crippen LogP contribution in [0.1, 0.15) is 24.4 Å². The van der Waals surface area contributed by atoms with Crippen LogP contribution in [0.3, 0.4) is 0 Å². The van der Waals surface area contributed by atoms with Crippen LogP contribution in [0.2, 0.25) is 0 Å². The van der Waals surface area contributed by atoms with Gasteiger partial charge in [-0.05, 0) is 50.5 Å². The molecule has 0 bridgehead atoms. The van der Waals surface area contributed by atoms with E-state index in [1.165, 1.54) is 0 Å². The molecule has 2 aromatic rings. The van der Waals surface area contributed by atoms with Crippen LogP contribution in [0.25, 0.3) is 0 Å². The lowest BCUT2D eigenvalue weighted by atomic mass is 10.1. The Labute approximate surface area is 141 Å². The van der Waals surface area contributed by atoms with Crippen molar-refractivity contribution in [2.75, 3.05) is 20.3 Å². The summed E-state index contributed by atoms with van der Waals surface area (Å²) >= 11 is 7.18. The Morgan fingerprint density at radius 1 is 1.38 bits per heavy atom. The van der Waals surface area contributed by atoms with E-state index in [0.29, 0.717) is 13.2 Å². The number of halogens is 2. The first kappa shape index (κ1) is 16.6. The van der Waals surface area contributed by atoms with E-state index in [-0.39, 0.29) is 6.04 Å². The van der Waals surface area contributed by atoms with Crippen LogP contribution in [-0.2, 0) is 11.3 Å². The lowest BCUT2D eigenvalue weighted by Gasteiger charge is -2.20. The Bertz CT molecular complexity index is 588. The zero-order chi connectivity index (χ0) is 15.2. The summed E-state index contributed by atoms with van der Waals surface area (Å²) in [6.45, 7) is 4.22. The maximum absolute atomic E-state index is 5.16. The Morgan fingerprint density at radius 2 is 2.19 bits per heavy atom. The highest BCUT2D eigenvalue weighted by Gasteiger charge is 2.24. The average Bonchev–Trinajstić information content (AvgIpc) is 2.84. The van der Waals surface area contributed by atoms with Gasteiger partial charge in [0.2, 0.25) is 0 Å². The number of methoxy groups -OCH3 is 1. The second-order valence-electron chi connectivity index (χ2n) is 4.45. The Balaban J connectivity index is 2.43. The predicted octanol–water partition coefficient (Wildman–Crippen LogP) is 3.15. The van der Waals surface area contributed by atoms with Gasteiger partial charge in [0.15, 0.2) is 0 Å². The molecule has 2 heterocycles. The monoisotopic (exact) mass is 416 g/mol. The van der Waals surface area contributed by atoms with Gasteiger partial charge in [0.25, 0.3) is 0 Å². The van der Waals surface area contributed by atoms with E-state index in [1.54, 1.807) is 13.3 Å². The highest BCUT2D eigenvalue weighted by atomic mass is 79.9. The fraction of sp³-hybridized carbons (Fsp3) is 0.429. The number of aromatic nitrogens is 3. The summed E-state index contributed by atoms with van der Waals surface area (Å²) < 4.78 is 9.04. The molecule has 1 atom stereocenters. The smallest absolute Gasteiger partial charge is 0.0944 e. The molecule has 0 aliphatic heterocycles. The van der Waals surface area contributed by atoms with Gasteiger partial charge in [-0.3, -0.25) is 9.67 Å².